The highest BCUT2D eigenvalue weighted by molar-refractivity contribution is 5.87. The van der Waals surface area contributed by atoms with Crippen molar-refractivity contribution in [3.05, 3.63) is 67.0 Å². The molecular weight excluding hydrogens is 442 g/mol. The summed E-state index contributed by atoms with van der Waals surface area (Å²) < 4.78 is 8.05. The van der Waals surface area contributed by atoms with Crippen LogP contribution in [-0.2, 0) is 0 Å². The number of hydrogen-bond acceptors (Lipinski definition) is 9. The van der Waals surface area contributed by atoms with Crippen LogP contribution in [0.2, 0.25) is 0 Å². The molecule has 5 heterocycles. The molecule has 0 atom stereocenters. The number of anilines is 3. The van der Waals surface area contributed by atoms with Crippen molar-refractivity contribution in [2.75, 3.05) is 23.3 Å². The van der Waals surface area contributed by atoms with Crippen LogP contribution in [0.15, 0.2) is 61.4 Å². The first-order valence-electron chi connectivity index (χ1n) is 11.6. The monoisotopic (exact) mass is 467 g/mol. The Bertz CT molecular complexity index is 1510. The number of nitrogens with two attached hydrogens (primary N) is 1. The van der Waals surface area contributed by atoms with Crippen LogP contribution in [0.1, 0.15) is 18.4 Å². The van der Waals surface area contributed by atoms with Gasteiger partial charge in [0.2, 0.25) is 5.95 Å². The maximum absolute atomic E-state index is 6.11. The van der Waals surface area contributed by atoms with E-state index in [0.717, 1.165) is 54.3 Å². The molecule has 0 spiro atoms. The van der Waals surface area contributed by atoms with Crippen molar-refractivity contribution in [2.24, 2.45) is 5.73 Å². The Labute approximate surface area is 201 Å². The number of rotatable bonds is 5. The minimum Gasteiger partial charge on any atom is -0.457 e. The normalized spacial score (nSPS) is 14.5. The van der Waals surface area contributed by atoms with Gasteiger partial charge in [-0.2, -0.15) is 0 Å². The summed E-state index contributed by atoms with van der Waals surface area (Å²) in [4.78, 5) is 24.6. The summed E-state index contributed by atoms with van der Waals surface area (Å²) in [7, 11) is 0. The van der Waals surface area contributed by atoms with Crippen LogP contribution in [0.25, 0.3) is 16.7 Å². The lowest BCUT2D eigenvalue weighted by atomic mass is 10.1. The molecule has 0 radical (unpaired) electrons. The molecule has 1 saturated heterocycles. The molecule has 0 amide bonds. The number of pyridine rings is 1. The number of imidazole rings is 1. The van der Waals surface area contributed by atoms with Crippen molar-refractivity contribution in [3.63, 3.8) is 0 Å². The number of nitrogens with one attached hydrogen (secondary N) is 1. The summed E-state index contributed by atoms with van der Waals surface area (Å²) in [6.45, 7) is 3.70. The fraction of sp³-hybridized carbons (Fsp3) is 0.240. The maximum atomic E-state index is 6.11. The second-order valence-electron chi connectivity index (χ2n) is 8.71. The van der Waals surface area contributed by atoms with E-state index in [1.807, 2.05) is 54.0 Å². The Morgan fingerprint density at radius 2 is 1.91 bits per heavy atom. The molecule has 35 heavy (non-hydrogen) atoms. The maximum Gasteiger partial charge on any atom is 0.226 e. The number of aromatic nitrogens is 6. The topological polar surface area (TPSA) is 119 Å². The lowest BCUT2D eigenvalue weighted by Gasteiger charge is -2.30. The molecule has 0 saturated carbocycles. The van der Waals surface area contributed by atoms with Crippen molar-refractivity contribution in [1.82, 2.24) is 29.3 Å². The molecule has 10 heteroatoms. The summed E-state index contributed by atoms with van der Waals surface area (Å²) in [5.41, 5.74) is 10.1. The predicted octanol–water partition coefficient (Wildman–Crippen LogP) is 3.84. The number of nitrogens with zero attached hydrogens (tertiary/aromatic N) is 7. The van der Waals surface area contributed by atoms with Crippen LogP contribution < -0.4 is 20.7 Å². The van der Waals surface area contributed by atoms with Gasteiger partial charge in [-0.15, -0.1) is 0 Å². The SMILES string of the molecule is Cc1cc(Nc2ncnc3cnc(N4CCC(N)CC4)nc23)ccc1Oc1ccn2ccnc2c1. The van der Waals surface area contributed by atoms with E-state index in [1.54, 1.807) is 12.4 Å². The van der Waals surface area contributed by atoms with Gasteiger partial charge in [0.1, 0.15) is 34.5 Å². The minimum absolute atomic E-state index is 0.246. The lowest BCUT2D eigenvalue weighted by molar-refractivity contribution is 0.478. The van der Waals surface area contributed by atoms with E-state index < -0.39 is 0 Å². The molecule has 5 aromatic rings. The summed E-state index contributed by atoms with van der Waals surface area (Å²) in [6, 6.07) is 9.99. The first-order valence-corrected chi connectivity index (χ1v) is 11.6. The van der Waals surface area contributed by atoms with E-state index in [9.17, 15) is 0 Å². The standard InChI is InChI=1S/C25H25N9O/c1-16-12-18(2-3-21(16)35-19-6-10-33-11-7-27-22(33)13-19)31-24-23-20(29-15-30-24)14-28-25(32-23)34-8-4-17(26)5-9-34/h2-3,6-7,10-15,17H,4-5,8-9,26H2,1H3,(H,29,30,31). The van der Waals surface area contributed by atoms with Crippen LogP contribution in [0.5, 0.6) is 11.5 Å². The molecule has 0 aliphatic carbocycles. The van der Waals surface area contributed by atoms with Crippen LogP contribution >= 0.6 is 0 Å². The van der Waals surface area contributed by atoms with Gasteiger partial charge in [-0.05, 0) is 49.6 Å². The third-order valence-electron chi connectivity index (χ3n) is 6.22. The van der Waals surface area contributed by atoms with Crippen LogP contribution in [0.3, 0.4) is 0 Å². The van der Waals surface area contributed by atoms with Gasteiger partial charge < -0.3 is 25.1 Å². The fourth-order valence-electron chi connectivity index (χ4n) is 4.25. The van der Waals surface area contributed by atoms with Crippen molar-refractivity contribution in [1.29, 1.82) is 0 Å². The highest BCUT2D eigenvalue weighted by Gasteiger charge is 2.19. The number of fused-ring (bicyclic) bond motifs is 2. The molecule has 6 rings (SSSR count). The third kappa shape index (κ3) is 4.31. The number of ether oxygens (including phenoxy) is 1. The quantitative estimate of drug-likeness (QED) is 0.397. The van der Waals surface area contributed by atoms with Crippen molar-refractivity contribution in [2.45, 2.75) is 25.8 Å². The second kappa shape index (κ2) is 8.80. The van der Waals surface area contributed by atoms with Crippen molar-refractivity contribution < 1.29 is 4.74 Å². The van der Waals surface area contributed by atoms with Crippen LogP contribution in [-0.4, -0.2) is 48.5 Å². The number of piperidine rings is 1. The minimum atomic E-state index is 0.246. The molecule has 0 unspecified atom stereocenters. The first kappa shape index (κ1) is 21.2. The number of hydrogen-bond donors (Lipinski definition) is 2. The van der Waals surface area contributed by atoms with Crippen molar-refractivity contribution >= 4 is 34.1 Å². The third-order valence-corrected chi connectivity index (χ3v) is 6.22. The molecule has 10 nitrogen and oxygen atoms in total. The molecule has 1 aromatic carbocycles. The average molecular weight is 468 g/mol. The highest BCUT2D eigenvalue weighted by atomic mass is 16.5. The van der Waals surface area contributed by atoms with Gasteiger partial charge in [0.05, 0.1) is 6.20 Å². The Balaban J connectivity index is 1.24. The van der Waals surface area contributed by atoms with Gasteiger partial charge in [0.15, 0.2) is 5.82 Å². The summed E-state index contributed by atoms with van der Waals surface area (Å²) in [5.74, 6) is 2.81. The molecule has 176 valence electrons. The molecule has 0 bridgehead atoms. The van der Waals surface area contributed by atoms with Gasteiger partial charge >= 0.3 is 0 Å². The van der Waals surface area contributed by atoms with Crippen molar-refractivity contribution in [3.8, 4) is 11.5 Å². The lowest BCUT2D eigenvalue weighted by Crippen LogP contribution is -2.40. The van der Waals surface area contributed by atoms with Crippen LogP contribution in [0.4, 0.5) is 17.5 Å². The smallest absolute Gasteiger partial charge is 0.226 e. The fourth-order valence-corrected chi connectivity index (χ4v) is 4.25. The summed E-state index contributed by atoms with van der Waals surface area (Å²) in [6.07, 6.45) is 10.7. The van der Waals surface area contributed by atoms with Crippen LogP contribution in [0, 0.1) is 6.92 Å². The Morgan fingerprint density at radius 3 is 2.77 bits per heavy atom. The van der Waals surface area contributed by atoms with Gasteiger partial charge in [0, 0.05) is 49.5 Å². The first-order chi connectivity index (χ1) is 17.1. The van der Waals surface area contributed by atoms with Gasteiger partial charge in [-0.25, -0.2) is 24.9 Å². The Kier molecular flexibility index (Phi) is 5.34. The zero-order chi connectivity index (χ0) is 23.8. The summed E-state index contributed by atoms with van der Waals surface area (Å²) >= 11 is 0. The van der Waals surface area contributed by atoms with Gasteiger partial charge in [0.25, 0.3) is 0 Å². The summed E-state index contributed by atoms with van der Waals surface area (Å²) in [5, 5.41) is 3.39. The van der Waals surface area contributed by atoms with Gasteiger partial charge in [-0.1, -0.05) is 0 Å². The molecule has 1 fully saturated rings. The van der Waals surface area contributed by atoms with E-state index >= 15 is 0 Å². The molecule has 4 aromatic heterocycles. The zero-order valence-corrected chi connectivity index (χ0v) is 19.3. The number of benzene rings is 1. The second-order valence-corrected chi connectivity index (χ2v) is 8.71. The Hall–Kier alpha value is -4.31. The van der Waals surface area contributed by atoms with E-state index in [2.05, 4.69) is 30.2 Å². The molecule has 1 aliphatic heterocycles. The molecule has 1 aliphatic rings. The molecule has 3 N–H and O–H groups in total. The Morgan fingerprint density at radius 1 is 1.03 bits per heavy atom. The average Bonchev–Trinajstić information content (AvgIpc) is 3.34. The zero-order valence-electron chi connectivity index (χ0n) is 19.3. The largest absolute Gasteiger partial charge is 0.457 e. The van der Waals surface area contributed by atoms with E-state index in [0.29, 0.717) is 22.8 Å². The van der Waals surface area contributed by atoms with E-state index in [1.165, 1.54) is 6.33 Å². The van der Waals surface area contributed by atoms with E-state index in [-0.39, 0.29) is 6.04 Å². The van der Waals surface area contributed by atoms with Gasteiger partial charge in [-0.3, -0.25) is 0 Å². The highest BCUT2D eigenvalue weighted by Crippen LogP contribution is 2.30. The number of aryl methyl sites for hydroxylation is 1. The molecular formula is C25H25N9O. The predicted molar refractivity (Wildman–Crippen MR) is 134 cm³/mol. The van der Waals surface area contributed by atoms with E-state index in [4.69, 9.17) is 15.5 Å².